The number of benzene rings is 2. The normalized spacial score (nSPS) is 13.3. The topological polar surface area (TPSA) is 49.4 Å². The molecule has 0 aliphatic carbocycles. The smallest absolute Gasteiger partial charge is 0.406 e. The number of alkyl halides is 3. The highest BCUT2D eigenvalue weighted by molar-refractivity contribution is 7.97. The van der Waals surface area contributed by atoms with Crippen molar-refractivity contribution in [2.75, 3.05) is 30.4 Å². The van der Waals surface area contributed by atoms with Crippen LogP contribution in [0.3, 0.4) is 0 Å². The Morgan fingerprint density at radius 2 is 1.59 bits per heavy atom. The molecule has 9 heteroatoms. The van der Waals surface area contributed by atoms with Crippen LogP contribution in [0.4, 0.5) is 30.4 Å². The third-order valence-electron chi connectivity index (χ3n) is 5.01. The van der Waals surface area contributed by atoms with Crippen LogP contribution in [0.5, 0.6) is 5.75 Å². The van der Waals surface area contributed by atoms with Gasteiger partial charge in [-0.25, -0.2) is 4.98 Å². The molecule has 1 aromatic heterocycles. The number of aryl methyl sites for hydroxylation is 2. The summed E-state index contributed by atoms with van der Waals surface area (Å²) in [6, 6.07) is 18.4. The van der Waals surface area contributed by atoms with Gasteiger partial charge in [-0.2, -0.15) is 0 Å². The Morgan fingerprint density at radius 1 is 0.941 bits per heavy atom. The van der Waals surface area contributed by atoms with E-state index >= 15 is 0 Å². The number of hydrogen-bond acceptors (Lipinski definition) is 6. The van der Waals surface area contributed by atoms with Crippen LogP contribution >= 0.6 is 11.9 Å². The maximum Gasteiger partial charge on any atom is 0.573 e. The van der Waals surface area contributed by atoms with E-state index in [4.69, 9.17) is 0 Å². The van der Waals surface area contributed by atoms with Crippen molar-refractivity contribution in [3.63, 3.8) is 0 Å². The first-order valence-electron chi connectivity index (χ1n) is 11.0. The number of rotatable bonds is 6. The Labute approximate surface area is 202 Å². The zero-order valence-corrected chi connectivity index (χ0v) is 20.3. The third-order valence-corrected chi connectivity index (χ3v) is 5.72. The molecule has 3 aromatic rings. The molecule has 0 unspecified atom stereocenters. The van der Waals surface area contributed by atoms with Crippen molar-refractivity contribution in [3.8, 4) is 5.75 Å². The van der Waals surface area contributed by atoms with Crippen LogP contribution in [0.15, 0.2) is 65.6 Å². The van der Waals surface area contributed by atoms with Gasteiger partial charge in [0.2, 0.25) is 0 Å². The van der Waals surface area contributed by atoms with Gasteiger partial charge >= 0.3 is 6.36 Å². The fraction of sp³-hybridized carbons (Fsp3) is 0.320. The number of pyridine rings is 1. The summed E-state index contributed by atoms with van der Waals surface area (Å²) in [4.78, 5) is 8.24. The summed E-state index contributed by atoms with van der Waals surface area (Å²) in [5.74, 6) is 0.726. The lowest BCUT2D eigenvalue weighted by Crippen LogP contribution is -2.18. The molecule has 182 valence electrons. The van der Waals surface area contributed by atoms with Crippen LogP contribution in [-0.4, -0.2) is 31.5 Å². The average Bonchev–Trinajstić information content (AvgIpc) is 3.31. The zero-order chi connectivity index (χ0) is 24.6. The Hall–Kier alpha value is -2.91. The Morgan fingerprint density at radius 3 is 2.18 bits per heavy atom. The zero-order valence-electron chi connectivity index (χ0n) is 19.4. The van der Waals surface area contributed by atoms with Gasteiger partial charge in [-0.1, -0.05) is 17.7 Å². The van der Waals surface area contributed by atoms with Crippen molar-refractivity contribution in [1.82, 2.24) is 9.71 Å². The second kappa shape index (κ2) is 12.0. The van der Waals surface area contributed by atoms with Crippen LogP contribution in [0.25, 0.3) is 0 Å². The molecule has 2 aromatic carbocycles. The highest BCUT2D eigenvalue weighted by atomic mass is 32.2. The lowest BCUT2D eigenvalue weighted by atomic mass is 10.2. The third kappa shape index (κ3) is 8.46. The largest absolute Gasteiger partial charge is 0.573 e. The maximum absolute atomic E-state index is 11.6. The number of nitrogens with one attached hydrogen (secondary N) is 2. The first kappa shape index (κ1) is 25.7. The number of hydrogen-bond donors (Lipinski definition) is 2. The number of nitrogens with zero attached hydrogens (tertiary/aromatic N) is 2. The first-order chi connectivity index (χ1) is 16.2. The van der Waals surface area contributed by atoms with Gasteiger partial charge in [0.15, 0.2) is 0 Å². The van der Waals surface area contributed by atoms with Gasteiger partial charge in [-0.05, 0) is 88.1 Å². The lowest BCUT2D eigenvalue weighted by Gasteiger charge is -2.19. The van der Waals surface area contributed by atoms with Crippen LogP contribution in [0.2, 0.25) is 0 Å². The van der Waals surface area contributed by atoms with Gasteiger partial charge in [0.1, 0.15) is 11.6 Å². The van der Waals surface area contributed by atoms with Crippen molar-refractivity contribution in [3.05, 3.63) is 71.9 Å². The van der Waals surface area contributed by atoms with E-state index in [9.17, 15) is 13.2 Å². The number of aromatic nitrogens is 1. The van der Waals surface area contributed by atoms with Crippen molar-refractivity contribution < 1.29 is 17.9 Å². The fourth-order valence-corrected chi connectivity index (χ4v) is 3.99. The van der Waals surface area contributed by atoms with Gasteiger partial charge in [0.05, 0.1) is 0 Å². The first-order valence-corrected chi connectivity index (χ1v) is 11.8. The molecule has 34 heavy (non-hydrogen) atoms. The van der Waals surface area contributed by atoms with Gasteiger partial charge < -0.3 is 15.0 Å². The molecule has 0 bridgehead atoms. The van der Waals surface area contributed by atoms with E-state index in [0.717, 1.165) is 35.9 Å². The SMILES string of the molecule is CNSc1ccc(Nc2cc(N3CCCC3)cc(C)n2)cc1.Cc1ccc(OC(F)(F)F)cc1. The van der Waals surface area contributed by atoms with Crippen molar-refractivity contribution in [1.29, 1.82) is 0 Å². The summed E-state index contributed by atoms with van der Waals surface area (Å²) in [6.07, 6.45) is -2.03. The molecule has 0 radical (unpaired) electrons. The van der Waals surface area contributed by atoms with Crippen LogP contribution in [0, 0.1) is 13.8 Å². The minimum Gasteiger partial charge on any atom is -0.406 e. The Kier molecular flexibility index (Phi) is 9.06. The molecule has 2 N–H and O–H groups in total. The maximum atomic E-state index is 11.6. The molecule has 0 amide bonds. The summed E-state index contributed by atoms with van der Waals surface area (Å²) in [6.45, 7) is 6.15. The molecule has 1 aliphatic heterocycles. The van der Waals surface area contributed by atoms with Gasteiger partial charge in [-0.3, -0.25) is 4.72 Å². The minimum atomic E-state index is -4.60. The number of anilines is 3. The highest BCUT2D eigenvalue weighted by Crippen LogP contribution is 2.26. The second-order valence-electron chi connectivity index (χ2n) is 7.86. The summed E-state index contributed by atoms with van der Waals surface area (Å²) < 4.78 is 41.6. The predicted molar refractivity (Wildman–Crippen MR) is 133 cm³/mol. The van der Waals surface area contributed by atoms with E-state index in [-0.39, 0.29) is 5.75 Å². The van der Waals surface area contributed by atoms with Crippen molar-refractivity contribution >= 4 is 29.1 Å². The monoisotopic (exact) mass is 490 g/mol. The summed E-state index contributed by atoms with van der Waals surface area (Å²) in [5, 5.41) is 3.41. The van der Waals surface area contributed by atoms with E-state index in [1.165, 1.54) is 35.6 Å². The lowest BCUT2D eigenvalue weighted by molar-refractivity contribution is -0.274. The van der Waals surface area contributed by atoms with Crippen LogP contribution < -0.4 is 19.7 Å². The summed E-state index contributed by atoms with van der Waals surface area (Å²) in [7, 11) is 1.92. The van der Waals surface area contributed by atoms with E-state index in [1.54, 1.807) is 31.0 Å². The van der Waals surface area contributed by atoms with E-state index in [2.05, 4.69) is 68.0 Å². The second-order valence-corrected chi connectivity index (χ2v) is 8.95. The molecule has 4 rings (SSSR count). The van der Waals surface area contributed by atoms with Gasteiger partial charge in [-0.15, -0.1) is 13.2 Å². The average molecular weight is 491 g/mol. The van der Waals surface area contributed by atoms with E-state index in [0.29, 0.717) is 0 Å². The summed E-state index contributed by atoms with van der Waals surface area (Å²) in [5.41, 5.74) is 4.28. The molecule has 0 spiro atoms. The molecule has 1 fully saturated rings. The van der Waals surface area contributed by atoms with Gasteiger partial charge in [0, 0.05) is 41.1 Å². The van der Waals surface area contributed by atoms with Gasteiger partial charge in [0.25, 0.3) is 0 Å². The quantitative estimate of drug-likeness (QED) is 0.369. The molecule has 0 atom stereocenters. The predicted octanol–water partition coefficient (Wildman–Crippen LogP) is 6.85. The molecule has 0 saturated carbocycles. The number of ether oxygens (including phenoxy) is 1. The minimum absolute atomic E-state index is 0.187. The molecule has 5 nitrogen and oxygen atoms in total. The standard InChI is InChI=1S/C17H22N4S.C8H7F3O/c1-13-11-15(21-9-3-4-10-21)12-17(19-13)20-14-5-7-16(8-6-14)22-18-2;1-6-2-4-7(5-3-6)12-8(9,10)11/h5-8,11-12,18H,3-4,9-10H2,1-2H3,(H,19,20);2-5H,1H3. The fourth-order valence-electron chi connectivity index (χ4n) is 3.48. The van der Waals surface area contributed by atoms with E-state index < -0.39 is 6.36 Å². The Bertz CT molecular complexity index is 1040. The molecule has 1 aliphatic rings. The molecule has 2 heterocycles. The number of halogens is 3. The highest BCUT2D eigenvalue weighted by Gasteiger charge is 2.30. The van der Waals surface area contributed by atoms with Crippen LogP contribution in [-0.2, 0) is 0 Å². The van der Waals surface area contributed by atoms with Crippen LogP contribution in [0.1, 0.15) is 24.1 Å². The van der Waals surface area contributed by atoms with E-state index in [1.807, 2.05) is 7.05 Å². The molecule has 1 saturated heterocycles. The van der Waals surface area contributed by atoms with Crippen molar-refractivity contribution in [2.24, 2.45) is 0 Å². The summed E-state index contributed by atoms with van der Waals surface area (Å²) >= 11 is 1.61. The molecular formula is C25H29F3N4OS. The molecular weight excluding hydrogens is 461 g/mol. The van der Waals surface area contributed by atoms with Crippen molar-refractivity contribution in [2.45, 2.75) is 37.9 Å². The Balaban J connectivity index is 0.000000229.